The van der Waals surface area contributed by atoms with E-state index in [1.165, 1.54) is 24.0 Å². The normalized spacial score (nSPS) is 16.5. The zero-order chi connectivity index (χ0) is 14.6. The summed E-state index contributed by atoms with van der Waals surface area (Å²) in [6.07, 6.45) is 5.49. The lowest BCUT2D eigenvalue weighted by molar-refractivity contribution is 0.257. The molecular weight excluding hydrogens is 296 g/mol. The van der Waals surface area contributed by atoms with Crippen molar-refractivity contribution in [3.8, 4) is 5.75 Å². The summed E-state index contributed by atoms with van der Waals surface area (Å²) in [6.45, 7) is 2.34. The number of rotatable bonds is 6. The highest BCUT2D eigenvalue weighted by Crippen LogP contribution is 2.25. The molecule has 112 valence electrons. The molecule has 1 aromatic carbocycles. The summed E-state index contributed by atoms with van der Waals surface area (Å²) >= 11 is 0. The van der Waals surface area contributed by atoms with Gasteiger partial charge in [0.25, 0.3) is 0 Å². The maximum absolute atomic E-state index is 11.1. The van der Waals surface area contributed by atoms with E-state index < -0.39 is 9.05 Å². The Balaban J connectivity index is 1.96. The van der Waals surface area contributed by atoms with E-state index in [0.717, 1.165) is 25.0 Å². The molecule has 0 saturated carbocycles. The van der Waals surface area contributed by atoms with Crippen molar-refractivity contribution in [2.75, 3.05) is 12.4 Å². The second-order valence-electron chi connectivity index (χ2n) is 5.43. The van der Waals surface area contributed by atoms with Crippen molar-refractivity contribution in [2.45, 2.75) is 39.0 Å². The number of halogens is 1. The summed E-state index contributed by atoms with van der Waals surface area (Å²) < 4.78 is 28.0. The van der Waals surface area contributed by atoms with Gasteiger partial charge in [0.1, 0.15) is 5.75 Å². The van der Waals surface area contributed by atoms with Crippen molar-refractivity contribution in [1.29, 1.82) is 0 Å². The lowest BCUT2D eigenvalue weighted by Crippen LogP contribution is -2.19. The first-order valence-corrected chi connectivity index (χ1v) is 9.62. The molecule has 0 N–H and O–H groups in total. The van der Waals surface area contributed by atoms with Crippen molar-refractivity contribution in [3.05, 3.63) is 29.3 Å². The van der Waals surface area contributed by atoms with Crippen LogP contribution in [-0.4, -0.2) is 20.8 Å². The highest BCUT2D eigenvalue weighted by atomic mass is 35.7. The lowest BCUT2D eigenvalue weighted by atomic mass is 9.92. The minimum absolute atomic E-state index is 0.0317. The smallest absolute Gasteiger partial charge is 0.232 e. The average molecular weight is 317 g/mol. The number of hydrogen-bond acceptors (Lipinski definition) is 3. The minimum Gasteiger partial charge on any atom is -0.493 e. The SMILES string of the molecule is CCC(COc1ccc2c(c1)CCCC2)CS(=O)(=O)Cl. The van der Waals surface area contributed by atoms with Gasteiger partial charge in [0.15, 0.2) is 0 Å². The molecule has 0 aliphatic heterocycles. The van der Waals surface area contributed by atoms with Crippen molar-refractivity contribution < 1.29 is 13.2 Å². The van der Waals surface area contributed by atoms with Gasteiger partial charge in [0.2, 0.25) is 9.05 Å². The van der Waals surface area contributed by atoms with Crippen LogP contribution in [-0.2, 0) is 21.9 Å². The van der Waals surface area contributed by atoms with E-state index in [-0.39, 0.29) is 11.7 Å². The molecule has 3 nitrogen and oxygen atoms in total. The molecule has 0 spiro atoms. The monoisotopic (exact) mass is 316 g/mol. The van der Waals surface area contributed by atoms with Gasteiger partial charge in [-0.2, -0.15) is 0 Å². The number of hydrogen-bond donors (Lipinski definition) is 0. The molecular formula is C15H21ClO3S. The molecule has 0 bridgehead atoms. The first kappa shape index (κ1) is 15.6. The van der Waals surface area contributed by atoms with E-state index >= 15 is 0 Å². The Morgan fingerprint density at radius 2 is 1.95 bits per heavy atom. The van der Waals surface area contributed by atoms with E-state index in [1.54, 1.807) is 0 Å². The Labute approximate surface area is 125 Å². The van der Waals surface area contributed by atoms with Gasteiger partial charge in [-0.15, -0.1) is 0 Å². The van der Waals surface area contributed by atoms with Crippen LogP contribution in [0.1, 0.15) is 37.3 Å². The van der Waals surface area contributed by atoms with Crippen LogP contribution in [0, 0.1) is 5.92 Å². The summed E-state index contributed by atoms with van der Waals surface area (Å²) in [5.41, 5.74) is 2.78. The van der Waals surface area contributed by atoms with Gasteiger partial charge in [-0.3, -0.25) is 0 Å². The molecule has 20 heavy (non-hydrogen) atoms. The van der Waals surface area contributed by atoms with Gasteiger partial charge in [-0.1, -0.05) is 13.0 Å². The molecule has 1 aromatic rings. The fourth-order valence-electron chi connectivity index (χ4n) is 2.58. The van der Waals surface area contributed by atoms with E-state index in [1.807, 2.05) is 13.0 Å². The lowest BCUT2D eigenvalue weighted by Gasteiger charge is -2.18. The predicted octanol–water partition coefficient (Wildman–Crippen LogP) is 3.54. The van der Waals surface area contributed by atoms with Gasteiger partial charge >= 0.3 is 0 Å². The Hall–Kier alpha value is -0.740. The molecule has 1 unspecified atom stereocenters. The highest BCUT2D eigenvalue weighted by molar-refractivity contribution is 8.13. The molecule has 1 aliphatic rings. The molecule has 0 amide bonds. The molecule has 0 aromatic heterocycles. The second kappa shape index (κ2) is 6.81. The van der Waals surface area contributed by atoms with E-state index in [9.17, 15) is 8.42 Å². The third-order valence-corrected chi connectivity index (χ3v) is 5.07. The van der Waals surface area contributed by atoms with Gasteiger partial charge < -0.3 is 4.74 Å². The van der Waals surface area contributed by atoms with Crippen LogP contribution < -0.4 is 4.74 Å². The van der Waals surface area contributed by atoms with Crippen LogP contribution in [0.15, 0.2) is 18.2 Å². The third-order valence-electron chi connectivity index (χ3n) is 3.82. The Morgan fingerprint density at radius 1 is 1.25 bits per heavy atom. The van der Waals surface area contributed by atoms with Crippen molar-refractivity contribution in [2.24, 2.45) is 5.92 Å². The van der Waals surface area contributed by atoms with E-state index in [4.69, 9.17) is 15.4 Å². The largest absolute Gasteiger partial charge is 0.493 e. The van der Waals surface area contributed by atoms with Crippen LogP contribution >= 0.6 is 10.7 Å². The third kappa shape index (κ3) is 4.67. The molecule has 1 aliphatic carbocycles. The van der Waals surface area contributed by atoms with Crippen molar-refractivity contribution in [1.82, 2.24) is 0 Å². The number of ether oxygens (including phenoxy) is 1. The zero-order valence-corrected chi connectivity index (χ0v) is 13.3. The summed E-state index contributed by atoms with van der Waals surface area (Å²) in [4.78, 5) is 0. The quantitative estimate of drug-likeness (QED) is 0.754. The van der Waals surface area contributed by atoms with E-state index in [2.05, 4.69) is 12.1 Å². The number of fused-ring (bicyclic) bond motifs is 1. The Bertz CT molecular complexity index is 554. The highest BCUT2D eigenvalue weighted by Gasteiger charge is 2.17. The second-order valence-corrected chi connectivity index (χ2v) is 8.25. The Morgan fingerprint density at radius 3 is 2.60 bits per heavy atom. The average Bonchev–Trinajstić information content (AvgIpc) is 2.42. The Kier molecular flexibility index (Phi) is 5.33. The van der Waals surface area contributed by atoms with Crippen LogP contribution in [0.5, 0.6) is 5.75 Å². The van der Waals surface area contributed by atoms with Gasteiger partial charge in [-0.05, 0) is 55.4 Å². The van der Waals surface area contributed by atoms with Crippen LogP contribution in [0.3, 0.4) is 0 Å². The van der Waals surface area contributed by atoms with Crippen LogP contribution in [0.25, 0.3) is 0 Å². The van der Waals surface area contributed by atoms with Crippen molar-refractivity contribution >= 4 is 19.7 Å². The minimum atomic E-state index is -3.46. The molecule has 0 saturated heterocycles. The molecule has 5 heteroatoms. The standard InChI is InChI=1S/C15H21ClO3S/c1-2-12(11-20(16,17)18)10-19-15-8-7-13-5-3-4-6-14(13)9-15/h7-9,12H,2-6,10-11H2,1H3. The zero-order valence-electron chi connectivity index (χ0n) is 11.8. The number of aryl methyl sites for hydroxylation is 2. The topological polar surface area (TPSA) is 43.4 Å². The fourth-order valence-corrected chi connectivity index (χ4v) is 4.01. The fraction of sp³-hybridized carbons (Fsp3) is 0.600. The van der Waals surface area contributed by atoms with Gasteiger partial charge in [0, 0.05) is 16.6 Å². The molecule has 1 atom stereocenters. The van der Waals surface area contributed by atoms with Crippen LogP contribution in [0.2, 0.25) is 0 Å². The number of benzene rings is 1. The molecule has 0 radical (unpaired) electrons. The van der Waals surface area contributed by atoms with Gasteiger partial charge in [-0.25, -0.2) is 8.42 Å². The summed E-state index contributed by atoms with van der Waals surface area (Å²) in [5, 5.41) is 0. The molecule has 0 fully saturated rings. The molecule has 0 heterocycles. The molecule has 2 rings (SSSR count). The first-order chi connectivity index (χ1) is 9.48. The first-order valence-electron chi connectivity index (χ1n) is 7.15. The van der Waals surface area contributed by atoms with E-state index in [0.29, 0.717) is 6.61 Å². The summed E-state index contributed by atoms with van der Waals surface area (Å²) in [5.74, 6) is 0.736. The maximum atomic E-state index is 11.1. The van der Waals surface area contributed by atoms with Crippen molar-refractivity contribution in [3.63, 3.8) is 0 Å². The maximum Gasteiger partial charge on any atom is 0.232 e. The predicted molar refractivity (Wildman–Crippen MR) is 82.0 cm³/mol. The van der Waals surface area contributed by atoms with Gasteiger partial charge in [0.05, 0.1) is 12.4 Å². The summed E-state index contributed by atoms with van der Waals surface area (Å²) in [7, 11) is 1.84. The van der Waals surface area contributed by atoms with Crippen LogP contribution in [0.4, 0.5) is 0 Å². The summed E-state index contributed by atoms with van der Waals surface area (Å²) in [6, 6.07) is 6.20.